The van der Waals surface area contributed by atoms with Crippen LogP contribution in [0.5, 0.6) is 0 Å². The summed E-state index contributed by atoms with van der Waals surface area (Å²) in [7, 11) is 0. The number of carboxylic acids is 1. The molecule has 0 aromatic carbocycles. The van der Waals surface area contributed by atoms with Crippen molar-refractivity contribution in [1.29, 1.82) is 0 Å². The fourth-order valence-corrected chi connectivity index (χ4v) is 1.27. The van der Waals surface area contributed by atoms with Crippen molar-refractivity contribution in [2.45, 2.75) is 12.8 Å². The highest BCUT2D eigenvalue weighted by atomic mass is 35.5. The molecule has 0 aliphatic carbocycles. The summed E-state index contributed by atoms with van der Waals surface area (Å²) in [5.74, 6) is -1.21. The summed E-state index contributed by atoms with van der Waals surface area (Å²) in [5.41, 5.74) is 4.47. The van der Waals surface area contributed by atoms with Gasteiger partial charge in [-0.15, -0.1) is 0 Å². The molecule has 15 heavy (non-hydrogen) atoms. The quantitative estimate of drug-likeness (QED) is 0.786. The largest absolute Gasteiger partial charge is 0.481 e. The van der Waals surface area contributed by atoms with E-state index in [4.69, 9.17) is 22.4 Å². The molecule has 3 N–H and O–H groups in total. The Morgan fingerprint density at radius 2 is 2.27 bits per heavy atom. The van der Waals surface area contributed by atoms with Crippen molar-refractivity contribution in [3.05, 3.63) is 22.5 Å². The van der Waals surface area contributed by atoms with Crippen molar-refractivity contribution < 1.29 is 18.7 Å². The summed E-state index contributed by atoms with van der Waals surface area (Å²) < 4.78 is 24.7. The molecule has 0 radical (unpaired) electrons. The van der Waals surface area contributed by atoms with Crippen LogP contribution >= 0.6 is 11.6 Å². The van der Waals surface area contributed by atoms with Gasteiger partial charge in [-0.05, 0) is 0 Å². The standard InChI is InChI=1S/C8H7ClF2N2O2/c9-7-3(1-5(14)15)6(12)4(2-13-7)8(10)11/h2,8H,1H2,(H2,12,13)(H,14,15). The topological polar surface area (TPSA) is 76.2 Å². The second-order valence-corrected chi connectivity index (χ2v) is 3.13. The maximum atomic E-state index is 12.4. The number of aromatic nitrogens is 1. The summed E-state index contributed by atoms with van der Waals surface area (Å²) in [6.07, 6.45) is -2.49. The first-order chi connectivity index (χ1) is 6.93. The molecule has 0 fully saturated rings. The molecular formula is C8H7ClF2N2O2. The Hall–Kier alpha value is -1.43. The average Bonchev–Trinajstić information content (AvgIpc) is 2.11. The highest BCUT2D eigenvalue weighted by Gasteiger charge is 2.19. The fourth-order valence-electron chi connectivity index (χ4n) is 1.05. The first kappa shape index (κ1) is 11.6. The number of carbonyl (C=O) groups is 1. The van der Waals surface area contributed by atoms with Gasteiger partial charge in [-0.1, -0.05) is 11.6 Å². The molecule has 0 unspecified atom stereocenters. The van der Waals surface area contributed by atoms with Crippen LogP contribution in [-0.2, 0) is 11.2 Å². The number of alkyl halides is 2. The normalized spacial score (nSPS) is 10.7. The van der Waals surface area contributed by atoms with E-state index in [0.717, 1.165) is 6.20 Å². The molecule has 0 amide bonds. The summed E-state index contributed by atoms with van der Waals surface area (Å²) in [6.45, 7) is 0. The van der Waals surface area contributed by atoms with Crippen molar-refractivity contribution in [1.82, 2.24) is 4.98 Å². The van der Waals surface area contributed by atoms with Gasteiger partial charge in [0, 0.05) is 17.4 Å². The minimum Gasteiger partial charge on any atom is -0.481 e. The van der Waals surface area contributed by atoms with Crippen molar-refractivity contribution in [2.24, 2.45) is 0 Å². The van der Waals surface area contributed by atoms with Crippen molar-refractivity contribution in [2.75, 3.05) is 5.73 Å². The Kier molecular flexibility index (Phi) is 3.41. The Morgan fingerprint density at radius 3 is 2.73 bits per heavy atom. The van der Waals surface area contributed by atoms with Crippen LogP contribution in [-0.4, -0.2) is 16.1 Å². The van der Waals surface area contributed by atoms with Crippen LogP contribution in [0.25, 0.3) is 0 Å². The third kappa shape index (κ3) is 2.53. The zero-order valence-electron chi connectivity index (χ0n) is 7.38. The number of carboxylic acid groups (broad SMARTS) is 1. The summed E-state index contributed by atoms with van der Waals surface area (Å²) in [5, 5.41) is 8.35. The van der Waals surface area contributed by atoms with Gasteiger partial charge in [-0.2, -0.15) is 0 Å². The van der Waals surface area contributed by atoms with Crippen LogP contribution in [0.1, 0.15) is 17.6 Å². The maximum absolute atomic E-state index is 12.4. The number of nitrogens with two attached hydrogens (primary N) is 1. The average molecular weight is 237 g/mol. The highest BCUT2D eigenvalue weighted by Crippen LogP contribution is 2.30. The van der Waals surface area contributed by atoms with Gasteiger partial charge in [0.1, 0.15) is 5.15 Å². The Balaban J connectivity index is 3.23. The van der Waals surface area contributed by atoms with Crippen molar-refractivity contribution in [3.8, 4) is 0 Å². The van der Waals surface area contributed by atoms with Gasteiger partial charge in [-0.3, -0.25) is 4.79 Å². The molecule has 0 spiro atoms. The second kappa shape index (κ2) is 4.39. The molecule has 4 nitrogen and oxygen atoms in total. The van der Waals surface area contributed by atoms with Crippen LogP contribution in [0.3, 0.4) is 0 Å². The summed E-state index contributed by atoms with van der Waals surface area (Å²) >= 11 is 5.55. The van der Waals surface area contributed by atoms with Gasteiger partial charge in [0.15, 0.2) is 0 Å². The first-order valence-electron chi connectivity index (χ1n) is 3.86. The smallest absolute Gasteiger partial charge is 0.308 e. The molecule has 0 atom stereocenters. The molecule has 1 heterocycles. The first-order valence-corrected chi connectivity index (χ1v) is 4.24. The van der Waals surface area contributed by atoms with E-state index in [1.54, 1.807) is 0 Å². The van der Waals surface area contributed by atoms with Crippen LogP contribution in [0.2, 0.25) is 5.15 Å². The van der Waals surface area contributed by atoms with E-state index in [2.05, 4.69) is 4.98 Å². The van der Waals surface area contributed by atoms with Crippen molar-refractivity contribution in [3.63, 3.8) is 0 Å². The molecule has 1 aromatic heterocycles. The Bertz CT molecular complexity index is 398. The summed E-state index contributed by atoms with van der Waals surface area (Å²) in [6, 6.07) is 0. The van der Waals surface area contributed by atoms with Gasteiger partial charge in [0.05, 0.1) is 12.0 Å². The maximum Gasteiger partial charge on any atom is 0.308 e. The van der Waals surface area contributed by atoms with Gasteiger partial charge in [-0.25, -0.2) is 13.8 Å². The van der Waals surface area contributed by atoms with E-state index in [1.165, 1.54) is 0 Å². The predicted molar refractivity (Wildman–Crippen MR) is 50.0 cm³/mol. The number of nitrogens with zero attached hydrogens (tertiary/aromatic N) is 1. The van der Waals surface area contributed by atoms with Crippen LogP contribution < -0.4 is 5.73 Å². The van der Waals surface area contributed by atoms with Crippen molar-refractivity contribution >= 4 is 23.3 Å². The third-order valence-electron chi connectivity index (χ3n) is 1.77. The fraction of sp³-hybridized carbons (Fsp3) is 0.250. The van der Waals surface area contributed by atoms with Crippen LogP contribution in [0.4, 0.5) is 14.5 Å². The molecule has 0 bridgehead atoms. The van der Waals surface area contributed by atoms with E-state index < -0.39 is 24.4 Å². The molecule has 1 rings (SSSR count). The lowest BCUT2D eigenvalue weighted by atomic mass is 10.1. The number of hydrogen-bond donors (Lipinski definition) is 2. The van der Waals surface area contributed by atoms with Gasteiger partial charge in [0.2, 0.25) is 0 Å². The van der Waals surface area contributed by atoms with Crippen LogP contribution in [0, 0.1) is 0 Å². The Labute approximate surface area is 88.7 Å². The lowest BCUT2D eigenvalue weighted by Crippen LogP contribution is -2.08. The van der Waals surface area contributed by atoms with E-state index in [-0.39, 0.29) is 16.4 Å². The molecule has 7 heteroatoms. The number of aliphatic carboxylic acids is 1. The molecule has 0 aliphatic rings. The number of rotatable bonds is 3. The second-order valence-electron chi connectivity index (χ2n) is 2.77. The molecule has 82 valence electrons. The van der Waals surface area contributed by atoms with Gasteiger partial charge < -0.3 is 10.8 Å². The zero-order valence-corrected chi connectivity index (χ0v) is 8.13. The number of pyridine rings is 1. The number of hydrogen-bond acceptors (Lipinski definition) is 3. The minimum atomic E-state index is -2.80. The van der Waals surface area contributed by atoms with Gasteiger partial charge >= 0.3 is 5.97 Å². The van der Waals surface area contributed by atoms with Gasteiger partial charge in [0.25, 0.3) is 6.43 Å². The number of halogens is 3. The SMILES string of the molecule is Nc1c(C(F)F)cnc(Cl)c1CC(=O)O. The third-order valence-corrected chi connectivity index (χ3v) is 2.09. The summed E-state index contributed by atoms with van der Waals surface area (Å²) in [4.78, 5) is 13.9. The highest BCUT2D eigenvalue weighted by molar-refractivity contribution is 6.30. The number of anilines is 1. The lowest BCUT2D eigenvalue weighted by Gasteiger charge is -2.09. The lowest BCUT2D eigenvalue weighted by molar-refractivity contribution is -0.136. The van der Waals surface area contributed by atoms with E-state index in [9.17, 15) is 13.6 Å². The molecule has 0 aliphatic heterocycles. The molecule has 0 saturated heterocycles. The van der Waals surface area contributed by atoms with Crippen LogP contribution in [0.15, 0.2) is 6.20 Å². The zero-order chi connectivity index (χ0) is 11.6. The van der Waals surface area contributed by atoms with E-state index in [1.807, 2.05) is 0 Å². The molecule has 0 saturated carbocycles. The van der Waals surface area contributed by atoms with E-state index in [0.29, 0.717) is 0 Å². The molecular weight excluding hydrogens is 230 g/mol. The Morgan fingerprint density at radius 1 is 1.67 bits per heavy atom. The number of nitrogen functional groups attached to an aromatic ring is 1. The van der Waals surface area contributed by atoms with E-state index >= 15 is 0 Å². The predicted octanol–water partition coefficient (Wildman–Crippen LogP) is 1.88. The monoisotopic (exact) mass is 236 g/mol. The molecule has 1 aromatic rings. The minimum absolute atomic E-state index is 0.0815.